The van der Waals surface area contributed by atoms with E-state index in [4.69, 9.17) is 4.74 Å². The Morgan fingerprint density at radius 3 is 2.69 bits per heavy atom. The lowest BCUT2D eigenvalue weighted by Gasteiger charge is -2.37. The molecule has 4 aliphatic rings. The second-order valence-electron chi connectivity index (χ2n) is 8.11. The van der Waals surface area contributed by atoms with Crippen molar-refractivity contribution in [1.29, 1.82) is 0 Å². The topological polar surface area (TPSA) is 101 Å². The van der Waals surface area contributed by atoms with Crippen LogP contribution in [0.25, 0.3) is 0 Å². The molecule has 1 saturated carbocycles. The number of fused-ring (bicyclic) bond motifs is 5. The summed E-state index contributed by atoms with van der Waals surface area (Å²) in [4.78, 5) is 26.7. The smallest absolute Gasteiger partial charge is 0.179 e. The fourth-order valence-electron chi connectivity index (χ4n) is 5.38. The maximum atomic E-state index is 13.3. The fourth-order valence-corrected chi connectivity index (χ4v) is 7.19. The van der Waals surface area contributed by atoms with Crippen LogP contribution in [0.2, 0.25) is 0 Å². The molecule has 0 radical (unpaired) electrons. The average molecular weight is 376 g/mol. The molecule has 6 nitrogen and oxygen atoms in total. The van der Waals surface area contributed by atoms with E-state index in [2.05, 4.69) is 0 Å². The molecule has 5 rings (SSSR count). The van der Waals surface area contributed by atoms with Gasteiger partial charge in [-0.15, -0.1) is 0 Å². The lowest BCUT2D eigenvalue weighted by atomic mass is 9.63. The molecule has 1 aromatic carbocycles. The Morgan fingerprint density at radius 1 is 1.27 bits per heavy atom. The molecule has 1 N–H and O–H groups in total. The highest BCUT2D eigenvalue weighted by Gasteiger charge is 2.67. The molecular weight excluding hydrogens is 356 g/mol. The minimum absolute atomic E-state index is 0.0159. The molecular formula is C19H20O6S. The highest BCUT2D eigenvalue weighted by molar-refractivity contribution is 7.91. The van der Waals surface area contributed by atoms with E-state index in [0.717, 1.165) is 0 Å². The highest BCUT2D eigenvalue weighted by Crippen LogP contribution is 2.56. The van der Waals surface area contributed by atoms with Gasteiger partial charge in [-0.05, 0) is 50.3 Å². The van der Waals surface area contributed by atoms with Crippen LogP contribution in [0.3, 0.4) is 0 Å². The molecule has 0 spiro atoms. The van der Waals surface area contributed by atoms with Gasteiger partial charge in [0.15, 0.2) is 21.4 Å². The zero-order valence-electron chi connectivity index (χ0n) is 14.6. The van der Waals surface area contributed by atoms with Crippen LogP contribution in [-0.4, -0.2) is 48.7 Å². The molecule has 0 aromatic heterocycles. The Morgan fingerprint density at radius 2 is 2.00 bits per heavy atom. The largest absolute Gasteiger partial charge is 0.390 e. The van der Waals surface area contributed by atoms with E-state index < -0.39 is 33.4 Å². The first-order valence-electron chi connectivity index (χ1n) is 9.01. The molecule has 26 heavy (non-hydrogen) atoms. The number of carbonyl (C=O) groups excluding carboxylic acids is 2. The van der Waals surface area contributed by atoms with Gasteiger partial charge in [0.25, 0.3) is 0 Å². The number of hydrogen-bond donors (Lipinski definition) is 1. The van der Waals surface area contributed by atoms with Crippen LogP contribution < -0.4 is 0 Å². The normalized spacial score (nSPS) is 37.4. The standard InChI is InChI=1S/C19H20O6S/c1-8-5-12-15(10-3-4-26(23,24)18(8)10)17(22)13-7-19(9(2)20)14(25-19)6-11(13)16(12)21/h5,9,11,13-14,20H,3-4,6-7H2,1-2H3/t9?,11-,13+,14-,19?/m0/s1. The molecule has 138 valence electrons. The predicted octanol–water partition coefficient (Wildman–Crippen LogP) is 1.25. The first-order chi connectivity index (χ1) is 12.2. The minimum atomic E-state index is -3.40. The summed E-state index contributed by atoms with van der Waals surface area (Å²) in [5.41, 5.74) is 1.01. The summed E-state index contributed by atoms with van der Waals surface area (Å²) in [6.45, 7) is 3.34. The number of ether oxygens (including phenoxy) is 1. The molecule has 2 aliphatic heterocycles. The van der Waals surface area contributed by atoms with E-state index in [1.165, 1.54) is 0 Å². The van der Waals surface area contributed by atoms with Crippen LogP contribution >= 0.6 is 0 Å². The van der Waals surface area contributed by atoms with Crippen molar-refractivity contribution in [1.82, 2.24) is 0 Å². The third kappa shape index (κ3) is 1.86. The Labute approximate surface area is 151 Å². The summed E-state index contributed by atoms with van der Waals surface area (Å²) in [5.74, 6) is -1.25. The van der Waals surface area contributed by atoms with Crippen LogP contribution in [0.1, 0.15) is 51.6 Å². The average Bonchev–Trinajstić information content (AvgIpc) is 3.22. The zero-order chi connectivity index (χ0) is 18.6. The molecule has 0 amide bonds. The first kappa shape index (κ1) is 16.6. The van der Waals surface area contributed by atoms with Crippen molar-refractivity contribution in [2.45, 2.75) is 55.8 Å². The number of carbonyl (C=O) groups is 2. The molecule has 5 atom stereocenters. The Kier molecular flexibility index (Phi) is 3.08. The van der Waals surface area contributed by atoms with Crippen molar-refractivity contribution >= 4 is 21.4 Å². The maximum absolute atomic E-state index is 13.3. The molecule has 1 aromatic rings. The van der Waals surface area contributed by atoms with Crippen LogP contribution in [0, 0.1) is 18.8 Å². The van der Waals surface area contributed by atoms with Gasteiger partial charge in [0, 0.05) is 23.0 Å². The molecule has 2 fully saturated rings. The summed E-state index contributed by atoms with van der Waals surface area (Å²) in [6.07, 6.45) is 0.145. The second-order valence-corrected chi connectivity index (χ2v) is 10.2. The van der Waals surface area contributed by atoms with Crippen molar-refractivity contribution in [3.63, 3.8) is 0 Å². The van der Waals surface area contributed by atoms with Crippen molar-refractivity contribution in [2.75, 3.05) is 5.75 Å². The Balaban J connectivity index is 1.68. The van der Waals surface area contributed by atoms with Gasteiger partial charge in [0.05, 0.1) is 22.9 Å². The summed E-state index contributed by atoms with van der Waals surface area (Å²) in [6, 6.07) is 1.58. The Hall–Kier alpha value is -1.57. The van der Waals surface area contributed by atoms with Crippen LogP contribution in [0.5, 0.6) is 0 Å². The van der Waals surface area contributed by atoms with Crippen LogP contribution in [0.4, 0.5) is 0 Å². The molecule has 7 heteroatoms. The van der Waals surface area contributed by atoms with Gasteiger partial charge in [-0.25, -0.2) is 8.42 Å². The minimum Gasteiger partial charge on any atom is -0.390 e. The molecule has 2 unspecified atom stereocenters. The van der Waals surface area contributed by atoms with Gasteiger partial charge in [0.2, 0.25) is 0 Å². The van der Waals surface area contributed by atoms with E-state index in [0.29, 0.717) is 35.1 Å². The van der Waals surface area contributed by atoms with E-state index in [1.54, 1.807) is 19.9 Å². The van der Waals surface area contributed by atoms with Gasteiger partial charge < -0.3 is 9.84 Å². The third-order valence-electron chi connectivity index (χ3n) is 6.73. The fraction of sp³-hybridized carbons (Fsp3) is 0.579. The van der Waals surface area contributed by atoms with Gasteiger partial charge >= 0.3 is 0 Å². The molecule has 0 bridgehead atoms. The zero-order valence-corrected chi connectivity index (χ0v) is 15.4. The summed E-state index contributed by atoms with van der Waals surface area (Å²) >= 11 is 0. The van der Waals surface area contributed by atoms with Crippen LogP contribution in [-0.2, 0) is 21.0 Å². The number of aryl methyl sites for hydroxylation is 1. The third-order valence-corrected chi connectivity index (χ3v) is 8.66. The molecule has 2 aliphatic carbocycles. The number of rotatable bonds is 1. The van der Waals surface area contributed by atoms with Gasteiger partial charge in [-0.3, -0.25) is 9.59 Å². The summed E-state index contributed by atoms with van der Waals surface area (Å²) in [5, 5.41) is 10.1. The number of hydrogen-bond acceptors (Lipinski definition) is 6. The van der Waals surface area contributed by atoms with Crippen molar-refractivity contribution in [2.24, 2.45) is 11.8 Å². The SMILES string of the molecule is Cc1cc2c(c3c1S(=O)(=O)CC3)C(=O)[C@@H]1CC3(C(C)O)O[C@H]3C[C@@H]1C2=O. The van der Waals surface area contributed by atoms with E-state index in [1.807, 2.05) is 0 Å². The van der Waals surface area contributed by atoms with E-state index >= 15 is 0 Å². The first-order valence-corrected chi connectivity index (χ1v) is 10.7. The number of ketones is 2. The maximum Gasteiger partial charge on any atom is 0.179 e. The van der Waals surface area contributed by atoms with Gasteiger partial charge in [0.1, 0.15) is 5.60 Å². The second kappa shape index (κ2) is 4.82. The van der Waals surface area contributed by atoms with Crippen molar-refractivity contribution < 1.29 is 27.9 Å². The number of benzene rings is 1. The van der Waals surface area contributed by atoms with Crippen LogP contribution in [0.15, 0.2) is 11.0 Å². The van der Waals surface area contributed by atoms with Crippen molar-refractivity contribution in [3.8, 4) is 0 Å². The lowest BCUT2D eigenvalue weighted by Crippen LogP contribution is -2.47. The molecule has 1 saturated heterocycles. The predicted molar refractivity (Wildman–Crippen MR) is 91.1 cm³/mol. The summed E-state index contributed by atoms with van der Waals surface area (Å²) < 4.78 is 30.5. The molecule has 2 heterocycles. The highest BCUT2D eigenvalue weighted by atomic mass is 32.2. The number of Topliss-reactive ketones (excluding diaryl/α,β-unsaturated/α-hetero) is 2. The number of epoxide rings is 1. The Bertz CT molecular complexity index is 992. The summed E-state index contributed by atoms with van der Waals surface area (Å²) in [7, 11) is -3.40. The number of sulfone groups is 1. The van der Waals surface area contributed by atoms with E-state index in [-0.39, 0.29) is 34.7 Å². The monoisotopic (exact) mass is 376 g/mol. The van der Waals surface area contributed by atoms with Gasteiger partial charge in [-0.2, -0.15) is 0 Å². The van der Waals surface area contributed by atoms with Gasteiger partial charge in [-0.1, -0.05) is 0 Å². The lowest BCUT2D eigenvalue weighted by molar-refractivity contribution is 0.0480. The number of aliphatic hydroxyl groups is 1. The van der Waals surface area contributed by atoms with E-state index in [9.17, 15) is 23.1 Å². The number of aliphatic hydroxyl groups excluding tert-OH is 1. The quantitative estimate of drug-likeness (QED) is 0.740. The van der Waals surface area contributed by atoms with Crippen molar-refractivity contribution in [3.05, 3.63) is 28.3 Å².